The average molecular weight is 354 g/mol. The molecule has 7 heteroatoms. The lowest BCUT2D eigenvalue weighted by Crippen LogP contribution is -2.44. The summed E-state index contributed by atoms with van der Waals surface area (Å²) in [6, 6.07) is 4.10. The fourth-order valence-electron chi connectivity index (χ4n) is 3.20. The van der Waals surface area contributed by atoms with Crippen molar-refractivity contribution in [2.24, 2.45) is 4.99 Å². The van der Waals surface area contributed by atoms with Crippen molar-refractivity contribution in [3.05, 3.63) is 29.8 Å². The number of likely N-dealkylation sites (N-methyl/N-ethyl adjacent to an activating group) is 1. The van der Waals surface area contributed by atoms with Gasteiger partial charge in [-0.2, -0.15) is 0 Å². The zero-order valence-corrected chi connectivity index (χ0v) is 15.3. The standard InChI is InChI=1S/C18H28F2N4O/c1-4-23(5-2)14-8-10-24(13-14)18(21-3)22-9-11-25-15-6-7-16(19)17(20)12-15/h6-7,12,14H,4-5,8-11,13H2,1-3H3,(H,21,22). The molecule has 1 N–H and O–H groups in total. The van der Waals surface area contributed by atoms with Gasteiger partial charge in [-0.25, -0.2) is 8.78 Å². The maximum atomic E-state index is 13.1. The molecule has 1 saturated heterocycles. The van der Waals surface area contributed by atoms with Gasteiger partial charge in [-0.1, -0.05) is 13.8 Å². The third-order valence-electron chi connectivity index (χ3n) is 4.55. The highest BCUT2D eigenvalue weighted by Gasteiger charge is 2.27. The van der Waals surface area contributed by atoms with E-state index < -0.39 is 11.6 Å². The van der Waals surface area contributed by atoms with Gasteiger partial charge in [-0.05, 0) is 31.6 Å². The molecule has 0 radical (unpaired) electrons. The van der Waals surface area contributed by atoms with Crippen LogP contribution in [0.2, 0.25) is 0 Å². The van der Waals surface area contributed by atoms with Crippen LogP contribution in [0, 0.1) is 11.6 Å². The quantitative estimate of drug-likeness (QED) is 0.464. The first-order valence-electron chi connectivity index (χ1n) is 8.86. The molecule has 1 heterocycles. The van der Waals surface area contributed by atoms with Gasteiger partial charge >= 0.3 is 0 Å². The van der Waals surface area contributed by atoms with Crippen LogP contribution < -0.4 is 10.1 Å². The van der Waals surface area contributed by atoms with Crippen molar-refractivity contribution in [2.75, 3.05) is 46.4 Å². The van der Waals surface area contributed by atoms with Crippen LogP contribution in [-0.4, -0.2) is 68.2 Å². The Morgan fingerprint density at radius 2 is 2.08 bits per heavy atom. The van der Waals surface area contributed by atoms with Crippen LogP contribution >= 0.6 is 0 Å². The van der Waals surface area contributed by atoms with Gasteiger partial charge in [-0.15, -0.1) is 0 Å². The molecule has 0 saturated carbocycles. The molecular weight excluding hydrogens is 326 g/mol. The molecule has 2 rings (SSSR count). The van der Waals surface area contributed by atoms with E-state index in [0.29, 0.717) is 24.9 Å². The van der Waals surface area contributed by atoms with Gasteiger partial charge in [0, 0.05) is 32.2 Å². The number of hydrogen-bond acceptors (Lipinski definition) is 3. The van der Waals surface area contributed by atoms with E-state index in [1.54, 1.807) is 7.05 Å². The number of rotatable bonds is 7. The number of likely N-dealkylation sites (tertiary alicyclic amines) is 1. The van der Waals surface area contributed by atoms with Crippen molar-refractivity contribution >= 4 is 5.96 Å². The second kappa shape index (κ2) is 9.56. The molecule has 1 aromatic carbocycles. The maximum Gasteiger partial charge on any atom is 0.193 e. The third kappa shape index (κ3) is 5.29. The van der Waals surface area contributed by atoms with E-state index in [0.717, 1.165) is 50.7 Å². The SMILES string of the molecule is CCN(CC)C1CCN(C(=NC)NCCOc2ccc(F)c(F)c2)C1. The summed E-state index contributed by atoms with van der Waals surface area (Å²) in [6.45, 7) is 9.32. The summed E-state index contributed by atoms with van der Waals surface area (Å²) in [5.74, 6) is -0.606. The molecule has 0 aliphatic carbocycles. The number of nitrogens with zero attached hydrogens (tertiary/aromatic N) is 3. The molecule has 1 aromatic rings. The second-order valence-corrected chi connectivity index (χ2v) is 6.01. The van der Waals surface area contributed by atoms with Crippen LogP contribution in [0.4, 0.5) is 8.78 Å². The second-order valence-electron chi connectivity index (χ2n) is 6.01. The van der Waals surface area contributed by atoms with Gasteiger partial charge in [0.1, 0.15) is 12.4 Å². The minimum Gasteiger partial charge on any atom is -0.492 e. The number of nitrogens with one attached hydrogen (secondary N) is 1. The topological polar surface area (TPSA) is 40.1 Å². The minimum atomic E-state index is -0.902. The zero-order chi connectivity index (χ0) is 18.2. The molecule has 0 aromatic heterocycles. The third-order valence-corrected chi connectivity index (χ3v) is 4.55. The van der Waals surface area contributed by atoms with Gasteiger partial charge < -0.3 is 15.0 Å². The summed E-state index contributed by atoms with van der Waals surface area (Å²) in [7, 11) is 1.77. The van der Waals surface area contributed by atoms with Crippen molar-refractivity contribution in [2.45, 2.75) is 26.3 Å². The summed E-state index contributed by atoms with van der Waals surface area (Å²) in [6.07, 6.45) is 1.13. The molecule has 1 aliphatic heterocycles. The number of guanidine groups is 1. The highest BCUT2D eigenvalue weighted by molar-refractivity contribution is 5.80. The Hall–Kier alpha value is -1.89. The first kappa shape index (κ1) is 19.4. The first-order chi connectivity index (χ1) is 12.1. The molecule has 1 unspecified atom stereocenters. The highest BCUT2D eigenvalue weighted by atomic mass is 19.2. The lowest BCUT2D eigenvalue weighted by molar-refractivity contribution is 0.223. The van der Waals surface area contributed by atoms with Gasteiger partial charge in [0.05, 0.1) is 6.54 Å². The monoisotopic (exact) mass is 354 g/mol. The van der Waals surface area contributed by atoms with Crippen molar-refractivity contribution in [1.29, 1.82) is 0 Å². The van der Waals surface area contributed by atoms with Crippen molar-refractivity contribution in [1.82, 2.24) is 15.1 Å². The Morgan fingerprint density at radius 1 is 1.32 bits per heavy atom. The molecule has 1 aliphatic rings. The summed E-state index contributed by atoms with van der Waals surface area (Å²) in [4.78, 5) is 9.06. The van der Waals surface area contributed by atoms with Gasteiger partial charge in [0.25, 0.3) is 0 Å². The molecular formula is C18H28F2N4O. The van der Waals surface area contributed by atoms with Crippen LogP contribution in [0.1, 0.15) is 20.3 Å². The number of hydrogen-bond donors (Lipinski definition) is 1. The first-order valence-corrected chi connectivity index (χ1v) is 8.86. The van der Waals surface area contributed by atoms with E-state index in [-0.39, 0.29) is 0 Å². The van der Waals surface area contributed by atoms with Gasteiger partial charge in [0.2, 0.25) is 0 Å². The minimum absolute atomic E-state index is 0.318. The summed E-state index contributed by atoms with van der Waals surface area (Å²) in [5.41, 5.74) is 0. The molecule has 1 atom stereocenters. The maximum absolute atomic E-state index is 13.1. The lowest BCUT2D eigenvalue weighted by Gasteiger charge is -2.27. The van der Waals surface area contributed by atoms with E-state index in [2.05, 4.69) is 34.0 Å². The summed E-state index contributed by atoms with van der Waals surface area (Å²) < 4.78 is 31.5. The Balaban J connectivity index is 1.76. The van der Waals surface area contributed by atoms with E-state index in [4.69, 9.17) is 4.74 Å². The smallest absolute Gasteiger partial charge is 0.193 e. The number of halogens is 2. The molecule has 25 heavy (non-hydrogen) atoms. The molecule has 0 bridgehead atoms. The highest BCUT2D eigenvalue weighted by Crippen LogP contribution is 2.16. The van der Waals surface area contributed by atoms with Gasteiger partial charge in [-0.3, -0.25) is 9.89 Å². The number of aliphatic imine (C=N–C) groups is 1. The van der Waals surface area contributed by atoms with Crippen LogP contribution in [0.3, 0.4) is 0 Å². The Bertz CT molecular complexity index is 578. The Labute approximate surface area is 148 Å². The lowest BCUT2D eigenvalue weighted by atomic mass is 10.2. The average Bonchev–Trinajstić information content (AvgIpc) is 3.09. The fraction of sp³-hybridized carbons (Fsp3) is 0.611. The van der Waals surface area contributed by atoms with Crippen LogP contribution in [-0.2, 0) is 0 Å². The molecule has 0 amide bonds. The van der Waals surface area contributed by atoms with Crippen LogP contribution in [0.5, 0.6) is 5.75 Å². The Morgan fingerprint density at radius 3 is 2.72 bits per heavy atom. The Kier molecular flexibility index (Phi) is 7.43. The normalized spacial score (nSPS) is 18.1. The molecule has 1 fully saturated rings. The van der Waals surface area contributed by atoms with E-state index >= 15 is 0 Å². The zero-order valence-electron chi connectivity index (χ0n) is 15.3. The van der Waals surface area contributed by atoms with E-state index in [1.165, 1.54) is 6.07 Å². The molecule has 0 spiro atoms. The number of ether oxygens (including phenoxy) is 1. The predicted octanol–water partition coefficient (Wildman–Crippen LogP) is 2.34. The summed E-state index contributed by atoms with van der Waals surface area (Å²) >= 11 is 0. The predicted molar refractivity (Wildman–Crippen MR) is 96.1 cm³/mol. The van der Waals surface area contributed by atoms with Crippen molar-refractivity contribution in [3.8, 4) is 5.75 Å². The fourth-order valence-corrected chi connectivity index (χ4v) is 3.20. The summed E-state index contributed by atoms with van der Waals surface area (Å²) in [5, 5.41) is 3.27. The van der Waals surface area contributed by atoms with E-state index in [1.807, 2.05) is 0 Å². The van der Waals surface area contributed by atoms with Gasteiger partial charge in [0.15, 0.2) is 17.6 Å². The van der Waals surface area contributed by atoms with Crippen LogP contribution in [0.15, 0.2) is 23.2 Å². The van der Waals surface area contributed by atoms with E-state index in [9.17, 15) is 8.78 Å². The largest absolute Gasteiger partial charge is 0.492 e. The van der Waals surface area contributed by atoms with Crippen molar-refractivity contribution in [3.63, 3.8) is 0 Å². The number of benzene rings is 1. The van der Waals surface area contributed by atoms with Crippen molar-refractivity contribution < 1.29 is 13.5 Å². The molecule has 5 nitrogen and oxygen atoms in total. The van der Waals surface area contributed by atoms with Crippen LogP contribution in [0.25, 0.3) is 0 Å². The molecule has 140 valence electrons.